The largest absolute Gasteiger partial charge is 2.00 e. The molecule has 0 saturated heterocycles. The van der Waals surface area contributed by atoms with Crippen LogP contribution in [0.1, 0.15) is 58.2 Å². The summed E-state index contributed by atoms with van der Waals surface area (Å²) in [6.07, 6.45) is 0. The molecule has 0 amide bonds. The Balaban J connectivity index is 0.00000351. The minimum absolute atomic E-state index is 0. The van der Waals surface area contributed by atoms with Crippen LogP contribution in [-0.4, -0.2) is 9.97 Å². The summed E-state index contributed by atoms with van der Waals surface area (Å²) >= 11 is 1.57. The van der Waals surface area contributed by atoms with E-state index in [-0.39, 0.29) is 31.9 Å². The first-order chi connectivity index (χ1) is 21.9. The summed E-state index contributed by atoms with van der Waals surface area (Å²) in [5.41, 5.74) is 9.24. The molecule has 4 aromatic heterocycles. The molecular formula is C41H34N2O2PtS. The topological polar surface area (TPSA) is 52.1 Å². The van der Waals surface area contributed by atoms with Crippen LogP contribution in [0.5, 0.6) is 0 Å². The van der Waals surface area contributed by atoms with Crippen LogP contribution in [0.4, 0.5) is 0 Å². The third-order valence-electron chi connectivity index (χ3n) is 8.76. The van der Waals surface area contributed by atoms with E-state index >= 15 is 0 Å². The Morgan fingerprint density at radius 2 is 1.40 bits per heavy atom. The molecule has 6 heteroatoms. The van der Waals surface area contributed by atoms with Crippen LogP contribution < -0.4 is 0 Å². The molecule has 8 aromatic rings. The van der Waals surface area contributed by atoms with Gasteiger partial charge in [-0.05, 0) is 69.6 Å². The van der Waals surface area contributed by atoms with E-state index in [1.807, 2.05) is 36.4 Å². The molecule has 0 aliphatic heterocycles. The van der Waals surface area contributed by atoms with Crippen molar-refractivity contribution < 1.29 is 29.9 Å². The van der Waals surface area contributed by atoms with Crippen LogP contribution >= 0.6 is 11.8 Å². The molecule has 0 bridgehead atoms. The molecule has 0 atom stereocenters. The monoisotopic (exact) mass is 813 g/mol. The molecule has 0 fully saturated rings. The quantitative estimate of drug-likeness (QED) is 0.166. The number of rotatable bonds is 3. The van der Waals surface area contributed by atoms with Gasteiger partial charge in [-0.25, -0.2) is 0 Å². The molecule has 4 aromatic carbocycles. The van der Waals surface area contributed by atoms with E-state index < -0.39 is 0 Å². The Kier molecular flexibility index (Phi) is 7.65. The normalized spacial score (nSPS) is 12.5. The Labute approximate surface area is 293 Å². The summed E-state index contributed by atoms with van der Waals surface area (Å²) in [5.74, 6) is 0. The summed E-state index contributed by atoms with van der Waals surface area (Å²) in [7, 11) is 0. The average molecular weight is 814 g/mol. The van der Waals surface area contributed by atoms with Crippen LogP contribution in [0.3, 0.4) is 0 Å². The predicted octanol–water partition coefficient (Wildman–Crippen LogP) is 11.7. The molecule has 236 valence electrons. The van der Waals surface area contributed by atoms with Gasteiger partial charge >= 0.3 is 21.1 Å². The fourth-order valence-corrected chi connectivity index (χ4v) is 7.12. The maximum atomic E-state index is 6.65. The van der Waals surface area contributed by atoms with Gasteiger partial charge in [0.15, 0.2) is 0 Å². The van der Waals surface area contributed by atoms with Crippen molar-refractivity contribution in [3.8, 4) is 11.3 Å². The molecular weight excluding hydrogens is 780 g/mol. The molecule has 8 rings (SSSR count). The van der Waals surface area contributed by atoms with Crippen LogP contribution in [-0.2, 0) is 31.9 Å². The third kappa shape index (κ3) is 5.48. The number of fused-ring (bicyclic) bond motifs is 4. The standard InChI is InChI=1S/C41H34N2O2S.Pt/c1-23-18-33(46-34-22-27(41(5,6)7)21-30(42-34)25-13-10-14-26(19-25)40(2,3)4)43-37-29-20-24-12-8-9-15-28(24)39-35(29)36-31(44-38(23)37)16-11-17-32(36)45-39;/h8-12,14-19,21-22H,1-7H3;/q-2;+2. The maximum Gasteiger partial charge on any atom is 2.00 e. The van der Waals surface area contributed by atoms with Crippen LogP contribution in [0.15, 0.2) is 97.7 Å². The van der Waals surface area contributed by atoms with Crippen molar-refractivity contribution in [3.63, 3.8) is 0 Å². The second-order valence-electron chi connectivity index (χ2n) is 14.2. The van der Waals surface area contributed by atoms with Gasteiger partial charge in [0.1, 0.15) is 16.7 Å². The smallest absolute Gasteiger partial charge is 0.472 e. The Morgan fingerprint density at radius 3 is 2.15 bits per heavy atom. The molecule has 47 heavy (non-hydrogen) atoms. The van der Waals surface area contributed by atoms with E-state index in [4.69, 9.17) is 18.8 Å². The molecule has 0 aliphatic carbocycles. The Bertz CT molecular complexity index is 2500. The van der Waals surface area contributed by atoms with Crippen LogP contribution in [0.25, 0.3) is 66.0 Å². The van der Waals surface area contributed by atoms with Crippen molar-refractivity contribution in [1.29, 1.82) is 0 Å². The van der Waals surface area contributed by atoms with Gasteiger partial charge in [0.2, 0.25) is 0 Å². The number of pyridine rings is 2. The Hall–Kier alpha value is -3.92. The second kappa shape index (κ2) is 11.4. The van der Waals surface area contributed by atoms with E-state index in [1.54, 1.807) is 11.8 Å². The van der Waals surface area contributed by atoms with Crippen molar-refractivity contribution in [2.24, 2.45) is 0 Å². The zero-order valence-corrected chi connectivity index (χ0v) is 30.5. The van der Waals surface area contributed by atoms with E-state index in [2.05, 4.69) is 103 Å². The van der Waals surface area contributed by atoms with E-state index in [1.165, 1.54) is 11.1 Å². The minimum atomic E-state index is -0.0658. The van der Waals surface area contributed by atoms with Crippen molar-refractivity contribution >= 4 is 66.5 Å². The summed E-state index contributed by atoms with van der Waals surface area (Å²) in [6, 6.07) is 34.2. The molecule has 0 aliphatic rings. The number of benzene rings is 4. The van der Waals surface area contributed by atoms with E-state index in [0.717, 1.165) is 81.7 Å². The van der Waals surface area contributed by atoms with Gasteiger partial charge in [0.25, 0.3) is 0 Å². The number of aromatic nitrogens is 2. The molecule has 0 unspecified atom stereocenters. The number of hydrogen-bond acceptors (Lipinski definition) is 5. The minimum Gasteiger partial charge on any atom is -0.472 e. The van der Waals surface area contributed by atoms with Crippen molar-refractivity contribution in [3.05, 3.63) is 108 Å². The molecule has 4 nitrogen and oxygen atoms in total. The number of nitrogens with zero attached hydrogens (tertiary/aromatic N) is 2. The zero-order chi connectivity index (χ0) is 32.0. The first-order valence-corrected chi connectivity index (χ1v) is 16.5. The number of aryl methyl sites for hydroxylation is 1. The van der Waals surface area contributed by atoms with Crippen LogP contribution in [0.2, 0.25) is 0 Å². The van der Waals surface area contributed by atoms with Gasteiger partial charge in [-0.1, -0.05) is 89.0 Å². The third-order valence-corrected chi connectivity index (χ3v) is 9.60. The van der Waals surface area contributed by atoms with Gasteiger partial charge < -0.3 is 8.83 Å². The van der Waals surface area contributed by atoms with E-state index in [0.29, 0.717) is 0 Å². The second-order valence-corrected chi connectivity index (χ2v) is 15.3. The molecule has 4 heterocycles. The number of furan rings is 1. The molecule has 0 radical (unpaired) electrons. The summed E-state index contributed by atoms with van der Waals surface area (Å²) < 4.78 is 13.1. The summed E-state index contributed by atoms with van der Waals surface area (Å²) in [4.78, 5) is 10.4. The zero-order valence-electron chi connectivity index (χ0n) is 27.4. The number of hydrogen-bond donors (Lipinski definition) is 0. The average Bonchev–Trinajstić information content (AvgIpc) is 3.35. The van der Waals surface area contributed by atoms with Gasteiger partial charge in [-0.2, -0.15) is 0 Å². The van der Waals surface area contributed by atoms with Gasteiger partial charge in [0.05, 0.1) is 15.6 Å². The first kappa shape index (κ1) is 31.7. The Morgan fingerprint density at radius 1 is 0.702 bits per heavy atom. The molecule has 0 N–H and O–H groups in total. The SMILES string of the molecule is Cc1cc(Sc2cc(C(C)(C)C)cc(-c3[c-]ccc(C(C)(C)C)c3)n2)nc2c1oc1cccc3oc4c5ccccc5[c-]c2c4c13.[Pt+2]. The first-order valence-electron chi connectivity index (χ1n) is 15.7. The van der Waals surface area contributed by atoms with Crippen LogP contribution in [0, 0.1) is 19.1 Å². The van der Waals surface area contributed by atoms with Gasteiger partial charge in [-0.15, -0.1) is 52.9 Å². The van der Waals surface area contributed by atoms with E-state index in [9.17, 15) is 0 Å². The fourth-order valence-electron chi connectivity index (χ4n) is 6.20. The predicted molar refractivity (Wildman–Crippen MR) is 190 cm³/mol. The summed E-state index contributed by atoms with van der Waals surface area (Å²) in [6.45, 7) is 15.5. The summed E-state index contributed by atoms with van der Waals surface area (Å²) in [5, 5.41) is 6.58. The molecule has 0 spiro atoms. The van der Waals surface area contributed by atoms with Crippen molar-refractivity contribution in [2.45, 2.75) is 69.3 Å². The van der Waals surface area contributed by atoms with Gasteiger partial charge in [0, 0.05) is 10.9 Å². The van der Waals surface area contributed by atoms with Gasteiger partial charge in [-0.3, -0.25) is 9.97 Å². The maximum absolute atomic E-state index is 6.65. The molecule has 0 saturated carbocycles. The van der Waals surface area contributed by atoms with Crippen molar-refractivity contribution in [2.75, 3.05) is 0 Å². The van der Waals surface area contributed by atoms with Crippen molar-refractivity contribution in [1.82, 2.24) is 9.97 Å². The fraction of sp³-hybridized carbons (Fsp3) is 0.220.